The van der Waals surface area contributed by atoms with Crippen LogP contribution in [0.3, 0.4) is 0 Å². The Morgan fingerprint density at radius 2 is 2.18 bits per heavy atom. The molecule has 1 amide bonds. The van der Waals surface area contributed by atoms with E-state index in [2.05, 4.69) is 4.98 Å². The first-order valence-electron chi connectivity index (χ1n) is 7.30. The smallest absolute Gasteiger partial charge is 0.223 e. The van der Waals surface area contributed by atoms with Crippen LogP contribution in [-0.4, -0.2) is 34.2 Å². The maximum absolute atomic E-state index is 13.0. The summed E-state index contributed by atoms with van der Waals surface area (Å²) in [4.78, 5) is 30.1. The van der Waals surface area contributed by atoms with Crippen molar-refractivity contribution in [3.05, 3.63) is 29.8 Å². The molecule has 0 spiro atoms. The predicted molar refractivity (Wildman–Crippen MR) is 77.1 cm³/mol. The van der Waals surface area contributed by atoms with Gasteiger partial charge in [-0.3, -0.25) is 14.6 Å². The number of amides is 1. The number of hydrogen-bond donors (Lipinski definition) is 0. The number of ketones is 1. The molecule has 1 saturated heterocycles. The maximum Gasteiger partial charge on any atom is 0.223 e. The third-order valence-electron chi connectivity index (χ3n) is 3.83. The van der Waals surface area contributed by atoms with Crippen molar-refractivity contribution in [2.24, 2.45) is 5.92 Å². The number of carbonyl (C=O) groups excluding carboxylic acids is 2. The number of carbonyl (C=O) groups is 2. The highest BCUT2D eigenvalue weighted by atomic mass is 19.1. The highest BCUT2D eigenvalue weighted by Crippen LogP contribution is 2.25. The Bertz CT molecular complexity index is 607. The van der Waals surface area contributed by atoms with Crippen molar-refractivity contribution < 1.29 is 14.0 Å². The summed E-state index contributed by atoms with van der Waals surface area (Å²) in [6.07, 6.45) is 2.14. The summed E-state index contributed by atoms with van der Waals surface area (Å²) in [6, 6.07) is 3.80. The summed E-state index contributed by atoms with van der Waals surface area (Å²) in [5, 5.41) is 9.35. The summed E-state index contributed by atoms with van der Waals surface area (Å²) < 4.78 is 13.0. The molecule has 2 rings (SSSR count). The lowest BCUT2D eigenvalue weighted by Crippen LogP contribution is -2.47. The molecule has 116 valence electrons. The second-order valence-electron chi connectivity index (χ2n) is 5.75. The largest absolute Gasteiger partial charge is 0.332 e. The molecule has 2 atom stereocenters. The second kappa shape index (κ2) is 6.65. The fourth-order valence-corrected chi connectivity index (χ4v) is 2.81. The average Bonchev–Trinajstić information content (AvgIpc) is 2.88. The molecule has 22 heavy (non-hydrogen) atoms. The molecule has 0 N–H and O–H groups in total. The second-order valence-corrected chi connectivity index (χ2v) is 5.75. The van der Waals surface area contributed by atoms with Crippen LogP contribution in [0.5, 0.6) is 0 Å². The minimum absolute atomic E-state index is 0.0594. The number of nitriles is 1. The van der Waals surface area contributed by atoms with Gasteiger partial charge in [0.25, 0.3) is 0 Å². The van der Waals surface area contributed by atoms with E-state index in [1.165, 1.54) is 12.1 Å². The molecule has 0 radical (unpaired) electrons. The molecule has 2 heterocycles. The topological polar surface area (TPSA) is 74.1 Å². The number of halogens is 1. The van der Waals surface area contributed by atoms with Gasteiger partial charge in [0.15, 0.2) is 5.78 Å². The van der Waals surface area contributed by atoms with Crippen LogP contribution in [0, 0.1) is 23.1 Å². The van der Waals surface area contributed by atoms with E-state index in [1.807, 2.05) is 19.9 Å². The Labute approximate surface area is 128 Å². The van der Waals surface area contributed by atoms with Crippen molar-refractivity contribution in [1.29, 1.82) is 5.26 Å². The van der Waals surface area contributed by atoms with Crippen molar-refractivity contribution in [1.82, 2.24) is 9.88 Å². The average molecular weight is 303 g/mol. The fourth-order valence-electron chi connectivity index (χ4n) is 2.81. The summed E-state index contributed by atoms with van der Waals surface area (Å²) >= 11 is 0. The van der Waals surface area contributed by atoms with Gasteiger partial charge < -0.3 is 4.90 Å². The Morgan fingerprint density at radius 3 is 2.64 bits per heavy atom. The molecule has 5 nitrogen and oxygen atoms in total. The molecular formula is C16H18FN3O2. The lowest BCUT2D eigenvalue weighted by Gasteiger charge is -2.31. The summed E-state index contributed by atoms with van der Waals surface area (Å²) in [6.45, 7) is 4.23. The normalized spacial score (nSPS) is 17.4. The molecule has 0 saturated carbocycles. The van der Waals surface area contributed by atoms with Crippen LogP contribution in [0.4, 0.5) is 4.39 Å². The monoisotopic (exact) mass is 303 g/mol. The van der Waals surface area contributed by atoms with Crippen LogP contribution >= 0.6 is 0 Å². The Kier molecular flexibility index (Phi) is 4.86. The molecule has 0 aromatic carbocycles. The van der Waals surface area contributed by atoms with E-state index in [-0.39, 0.29) is 23.3 Å². The van der Waals surface area contributed by atoms with E-state index in [0.717, 1.165) is 12.6 Å². The molecule has 6 heteroatoms. The van der Waals surface area contributed by atoms with Crippen LogP contribution in [-0.2, 0) is 9.59 Å². The van der Waals surface area contributed by atoms with Crippen LogP contribution in [0.2, 0.25) is 0 Å². The first-order chi connectivity index (χ1) is 10.5. The zero-order valence-electron chi connectivity index (χ0n) is 12.6. The third kappa shape index (κ3) is 3.14. The van der Waals surface area contributed by atoms with Crippen LogP contribution in [0.25, 0.3) is 0 Å². The quantitative estimate of drug-likeness (QED) is 0.834. The van der Waals surface area contributed by atoms with Crippen LogP contribution in [0.1, 0.15) is 38.3 Å². The first-order valence-corrected chi connectivity index (χ1v) is 7.30. The molecule has 0 unspecified atom stereocenters. The van der Waals surface area contributed by atoms with E-state index >= 15 is 0 Å². The Morgan fingerprint density at radius 1 is 1.45 bits per heavy atom. The van der Waals surface area contributed by atoms with E-state index in [0.29, 0.717) is 13.0 Å². The molecule has 1 aliphatic heterocycles. The van der Waals surface area contributed by atoms with Crippen molar-refractivity contribution in [2.45, 2.75) is 38.6 Å². The Hall–Kier alpha value is -2.29. The molecular weight excluding hydrogens is 285 g/mol. The first kappa shape index (κ1) is 16.1. The summed E-state index contributed by atoms with van der Waals surface area (Å²) in [7, 11) is 0. The van der Waals surface area contributed by atoms with E-state index < -0.39 is 17.8 Å². The highest BCUT2D eigenvalue weighted by Gasteiger charge is 2.39. The number of nitrogens with zero attached hydrogens (tertiary/aromatic N) is 3. The number of Topliss-reactive ketones (excluding diaryl/α,β-unsaturated/α-hetero) is 1. The van der Waals surface area contributed by atoms with Crippen molar-refractivity contribution in [3.8, 4) is 6.07 Å². The molecule has 1 aromatic rings. The number of rotatable bonds is 5. The molecule has 1 fully saturated rings. The lowest BCUT2D eigenvalue weighted by molar-refractivity contribution is -0.138. The summed E-state index contributed by atoms with van der Waals surface area (Å²) in [5.41, 5.74) is 0.214. The van der Waals surface area contributed by atoms with Crippen LogP contribution in [0.15, 0.2) is 18.3 Å². The van der Waals surface area contributed by atoms with Gasteiger partial charge in [0.05, 0.1) is 24.0 Å². The predicted octanol–water partition coefficient (Wildman–Crippen LogP) is 2.04. The molecule has 0 aliphatic carbocycles. The van der Waals surface area contributed by atoms with Gasteiger partial charge in [-0.25, -0.2) is 4.39 Å². The minimum Gasteiger partial charge on any atom is -0.332 e. The summed E-state index contributed by atoms with van der Waals surface area (Å²) in [5.74, 6) is -2.14. The number of pyridine rings is 1. The fraction of sp³-hybridized carbons (Fsp3) is 0.500. The van der Waals surface area contributed by atoms with Gasteiger partial charge in [0, 0.05) is 13.0 Å². The lowest BCUT2D eigenvalue weighted by atomic mass is 9.88. The number of hydrogen-bond acceptors (Lipinski definition) is 4. The SMILES string of the molecule is CC(C)[C@@H](C(=O)[C@H](C#N)c1ccc(F)cn1)N1CCCC1=O. The van der Waals surface area contributed by atoms with Crippen molar-refractivity contribution >= 4 is 11.7 Å². The van der Waals surface area contributed by atoms with E-state index in [1.54, 1.807) is 4.90 Å². The van der Waals surface area contributed by atoms with Gasteiger partial charge in [-0.2, -0.15) is 5.26 Å². The molecule has 1 aromatic heterocycles. The zero-order chi connectivity index (χ0) is 16.3. The van der Waals surface area contributed by atoms with Gasteiger partial charge >= 0.3 is 0 Å². The van der Waals surface area contributed by atoms with Gasteiger partial charge in [-0.05, 0) is 24.5 Å². The molecule has 1 aliphatic rings. The minimum atomic E-state index is -1.10. The van der Waals surface area contributed by atoms with Gasteiger partial charge in [0.2, 0.25) is 5.91 Å². The zero-order valence-corrected chi connectivity index (χ0v) is 12.6. The standard InChI is InChI=1S/C16H18FN3O2/c1-10(2)15(20-7-3-4-14(20)21)16(22)12(8-18)13-6-5-11(17)9-19-13/h5-6,9-10,12,15H,3-4,7H2,1-2H3/t12-,15+/m1/s1. The maximum atomic E-state index is 13.0. The van der Waals surface area contributed by atoms with Crippen molar-refractivity contribution in [2.75, 3.05) is 6.54 Å². The Balaban J connectivity index is 2.30. The third-order valence-corrected chi connectivity index (χ3v) is 3.83. The van der Waals surface area contributed by atoms with Gasteiger partial charge in [0.1, 0.15) is 11.7 Å². The van der Waals surface area contributed by atoms with Gasteiger partial charge in [-0.1, -0.05) is 13.8 Å². The van der Waals surface area contributed by atoms with E-state index in [4.69, 9.17) is 0 Å². The van der Waals surface area contributed by atoms with Crippen LogP contribution < -0.4 is 0 Å². The van der Waals surface area contributed by atoms with Gasteiger partial charge in [-0.15, -0.1) is 0 Å². The highest BCUT2D eigenvalue weighted by molar-refractivity contribution is 5.95. The number of aromatic nitrogens is 1. The molecule has 0 bridgehead atoms. The van der Waals surface area contributed by atoms with E-state index in [9.17, 15) is 19.2 Å². The van der Waals surface area contributed by atoms with Crippen molar-refractivity contribution in [3.63, 3.8) is 0 Å². The number of likely N-dealkylation sites (tertiary alicyclic amines) is 1.